The minimum Gasteiger partial charge on any atom is -0.493 e. The van der Waals surface area contributed by atoms with Crippen molar-refractivity contribution in [2.75, 3.05) is 39.8 Å². The lowest BCUT2D eigenvalue weighted by Gasteiger charge is -2.27. The summed E-state index contributed by atoms with van der Waals surface area (Å²) in [6.45, 7) is 1.03. The summed E-state index contributed by atoms with van der Waals surface area (Å²) in [7, 11) is 4.73. The molecule has 0 bridgehead atoms. The minimum absolute atomic E-state index is 0.0167. The van der Waals surface area contributed by atoms with Gasteiger partial charge in [-0.3, -0.25) is 9.59 Å². The second kappa shape index (κ2) is 10.0. The van der Waals surface area contributed by atoms with Gasteiger partial charge in [0.2, 0.25) is 11.8 Å². The van der Waals surface area contributed by atoms with Gasteiger partial charge < -0.3 is 24.8 Å². The van der Waals surface area contributed by atoms with E-state index in [1.165, 1.54) is 0 Å². The lowest BCUT2D eigenvalue weighted by molar-refractivity contribution is -0.128. The van der Waals surface area contributed by atoms with Crippen molar-refractivity contribution in [3.05, 3.63) is 18.2 Å². The average molecular weight is 364 g/mol. The molecule has 0 aliphatic heterocycles. The van der Waals surface area contributed by atoms with E-state index in [-0.39, 0.29) is 23.7 Å². The molecule has 0 atom stereocenters. The Hall–Kier alpha value is -2.28. The molecule has 1 aromatic rings. The SMILES string of the molecule is COCCNC(=O)C1CCC(C(=O)Nc2ccc(OC)c(OC)c2)CC1. The lowest BCUT2D eigenvalue weighted by Crippen LogP contribution is -2.36. The number of amides is 2. The Morgan fingerprint density at radius 3 is 2.15 bits per heavy atom. The van der Waals surface area contributed by atoms with E-state index in [2.05, 4.69) is 10.6 Å². The monoisotopic (exact) mass is 364 g/mol. The molecule has 144 valence electrons. The van der Waals surface area contributed by atoms with Crippen molar-refractivity contribution in [2.45, 2.75) is 25.7 Å². The second-order valence-electron chi connectivity index (χ2n) is 6.39. The first kappa shape index (κ1) is 20.0. The van der Waals surface area contributed by atoms with Gasteiger partial charge in [0.25, 0.3) is 0 Å². The van der Waals surface area contributed by atoms with Crippen LogP contribution in [0.1, 0.15) is 25.7 Å². The highest BCUT2D eigenvalue weighted by molar-refractivity contribution is 5.93. The van der Waals surface area contributed by atoms with Gasteiger partial charge >= 0.3 is 0 Å². The molecule has 0 saturated heterocycles. The fourth-order valence-corrected chi connectivity index (χ4v) is 3.20. The van der Waals surface area contributed by atoms with Gasteiger partial charge in [0.15, 0.2) is 11.5 Å². The highest BCUT2D eigenvalue weighted by atomic mass is 16.5. The molecule has 0 heterocycles. The summed E-state index contributed by atoms with van der Waals surface area (Å²) in [6.07, 6.45) is 2.87. The number of rotatable bonds is 8. The zero-order valence-corrected chi connectivity index (χ0v) is 15.7. The predicted octanol–water partition coefficient (Wildman–Crippen LogP) is 2.21. The maximum Gasteiger partial charge on any atom is 0.227 e. The smallest absolute Gasteiger partial charge is 0.227 e. The van der Waals surface area contributed by atoms with Gasteiger partial charge in [-0.05, 0) is 37.8 Å². The molecule has 7 heteroatoms. The van der Waals surface area contributed by atoms with Crippen molar-refractivity contribution < 1.29 is 23.8 Å². The van der Waals surface area contributed by atoms with Crippen LogP contribution in [0.4, 0.5) is 5.69 Å². The van der Waals surface area contributed by atoms with Crippen LogP contribution in [0.2, 0.25) is 0 Å². The van der Waals surface area contributed by atoms with E-state index in [4.69, 9.17) is 14.2 Å². The first-order valence-electron chi connectivity index (χ1n) is 8.88. The summed E-state index contributed by atoms with van der Waals surface area (Å²) >= 11 is 0. The molecular weight excluding hydrogens is 336 g/mol. The molecule has 1 aliphatic rings. The van der Waals surface area contributed by atoms with Crippen LogP contribution >= 0.6 is 0 Å². The van der Waals surface area contributed by atoms with E-state index in [0.717, 1.165) is 12.8 Å². The summed E-state index contributed by atoms with van der Waals surface area (Å²) in [5.41, 5.74) is 0.673. The van der Waals surface area contributed by atoms with Crippen LogP contribution in [0.3, 0.4) is 0 Å². The molecule has 1 aliphatic carbocycles. The van der Waals surface area contributed by atoms with Gasteiger partial charge in [0.1, 0.15) is 0 Å². The Morgan fingerprint density at radius 1 is 0.962 bits per heavy atom. The minimum atomic E-state index is -0.0777. The molecule has 0 radical (unpaired) electrons. The third kappa shape index (κ3) is 5.36. The maximum atomic E-state index is 12.5. The molecule has 26 heavy (non-hydrogen) atoms. The summed E-state index contributed by atoms with van der Waals surface area (Å²) in [5, 5.41) is 5.80. The van der Waals surface area contributed by atoms with Crippen molar-refractivity contribution in [1.29, 1.82) is 0 Å². The van der Waals surface area contributed by atoms with Gasteiger partial charge in [-0.25, -0.2) is 0 Å². The quantitative estimate of drug-likeness (QED) is 0.691. The van der Waals surface area contributed by atoms with Crippen LogP contribution in [0, 0.1) is 11.8 Å². The zero-order valence-electron chi connectivity index (χ0n) is 15.7. The Kier molecular flexibility index (Phi) is 7.72. The molecule has 0 aromatic heterocycles. The molecule has 1 aromatic carbocycles. The summed E-state index contributed by atoms with van der Waals surface area (Å²) < 4.78 is 15.4. The van der Waals surface area contributed by atoms with E-state index in [0.29, 0.717) is 43.2 Å². The number of hydrogen-bond acceptors (Lipinski definition) is 5. The predicted molar refractivity (Wildman–Crippen MR) is 98.5 cm³/mol. The topological polar surface area (TPSA) is 85.9 Å². The Balaban J connectivity index is 1.84. The molecular formula is C19H28N2O5. The van der Waals surface area contributed by atoms with Crippen LogP contribution in [0.25, 0.3) is 0 Å². The summed E-state index contributed by atoms with van der Waals surface area (Å²) in [6, 6.07) is 5.29. The fraction of sp³-hybridized carbons (Fsp3) is 0.579. The third-order valence-corrected chi connectivity index (χ3v) is 4.73. The van der Waals surface area contributed by atoms with E-state index in [1.807, 2.05) is 0 Å². The van der Waals surface area contributed by atoms with Crippen molar-refractivity contribution >= 4 is 17.5 Å². The Morgan fingerprint density at radius 2 is 1.58 bits per heavy atom. The number of carbonyl (C=O) groups is 2. The Labute approximate surface area is 154 Å². The lowest BCUT2D eigenvalue weighted by atomic mass is 9.81. The highest BCUT2D eigenvalue weighted by Crippen LogP contribution is 2.32. The molecule has 2 N–H and O–H groups in total. The largest absolute Gasteiger partial charge is 0.493 e. The van der Waals surface area contributed by atoms with Crippen LogP contribution in [0.15, 0.2) is 18.2 Å². The third-order valence-electron chi connectivity index (χ3n) is 4.73. The van der Waals surface area contributed by atoms with Crippen molar-refractivity contribution in [3.63, 3.8) is 0 Å². The van der Waals surface area contributed by atoms with Crippen LogP contribution in [-0.2, 0) is 14.3 Å². The van der Waals surface area contributed by atoms with Crippen molar-refractivity contribution in [2.24, 2.45) is 11.8 Å². The van der Waals surface area contributed by atoms with Gasteiger partial charge in [-0.2, -0.15) is 0 Å². The maximum absolute atomic E-state index is 12.5. The second-order valence-corrected chi connectivity index (χ2v) is 6.39. The number of methoxy groups -OCH3 is 3. The van der Waals surface area contributed by atoms with Gasteiger partial charge in [-0.1, -0.05) is 0 Å². The molecule has 2 amide bonds. The highest BCUT2D eigenvalue weighted by Gasteiger charge is 2.29. The van der Waals surface area contributed by atoms with E-state index >= 15 is 0 Å². The van der Waals surface area contributed by atoms with E-state index < -0.39 is 0 Å². The number of nitrogens with one attached hydrogen (secondary N) is 2. The molecule has 7 nitrogen and oxygen atoms in total. The van der Waals surface area contributed by atoms with Crippen LogP contribution in [-0.4, -0.2) is 46.3 Å². The number of anilines is 1. The number of hydrogen-bond donors (Lipinski definition) is 2. The van der Waals surface area contributed by atoms with Crippen molar-refractivity contribution in [1.82, 2.24) is 5.32 Å². The number of ether oxygens (including phenoxy) is 3. The van der Waals surface area contributed by atoms with Gasteiger partial charge in [-0.15, -0.1) is 0 Å². The van der Waals surface area contributed by atoms with Crippen molar-refractivity contribution in [3.8, 4) is 11.5 Å². The number of benzene rings is 1. The Bertz CT molecular complexity index is 612. The molecule has 2 rings (SSSR count). The molecule has 1 saturated carbocycles. The van der Waals surface area contributed by atoms with Gasteiger partial charge in [0.05, 0.1) is 20.8 Å². The van der Waals surface area contributed by atoms with E-state index in [1.54, 1.807) is 39.5 Å². The van der Waals surface area contributed by atoms with Crippen LogP contribution in [0.5, 0.6) is 11.5 Å². The fourth-order valence-electron chi connectivity index (χ4n) is 3.20. The normalized spacial score (nSPS) is 19.5. The first-order chi connectivity index (χ1) is 12.6. The standard InChI is InChI=1S/C19H28N2O5/c1-24-11-10-20-18(22)13-4-6-14(7-5-13)19(23)21-15-8-9-16(25-2)17(12-15)26-3/h8-9,12-14H,4-7,10-11H2,1-3H3,(H,20,22)(H,21,23). The summed E-state index contributed by atoms with van der Waals surface area (Å²) in [4.78, 5) is 24.6. The zero-order chi connectivity index (χ0) is 18.9. The van der Waals surface area contributed by atoms with Gasteiger partial charge in [0, 0.05) is 37.2 Å². The van der Waals surface area contributed by atoms with Crippen LogP contribution < -0.4 is 20.1 Å². The number of carbonyl (C=O) groups excluding carboxylic acids is 2. The molecule has 1 fully saturated rings. The summed E-state index contributed by atoms with van der Waals surface area (Å²) in [5.74, 6) is 1.13. The first-order valence-corrected chi connectivity index (χ1v) is 8.88. The van der Waals surface area contributed by atoms with E-state index in [9.17, 15) is 9.59 Å². The average Bonchev–Trinajstić information content (AvgIpc) is 2.68. The molecule has 0 unspecified atom stereocenters. The molecule has 0 spiro atoms.